The van der Waals surface area contributed by atoms with Crippen LogP contribution in [-0.4, -0.2) is 25.8 Å². The highest BCUT2D eigenvalue weighted by Crippen LogP contribution is 2.32. The van der Waals surface area contributed by atoms with Crippen molar-refractivity contribution in [2.75, 3.05) is 19.8 Å². The molecule has 3 rings (SSSR count). The standard InChI is InChI=1S/C21H26N2O3/c1-14-4-5-17(15(2)12-14)8-9-22-21(24)23-16(3)18-6-7-19-20(13-18)26-11-10-25-19/h4-7,12-13,16H,8-11H2,1-3H3,(H2,22,23,24). The van der Waals surface area contributed by atoms with Gasteiger partial charge in [0.2, 0.25) is 0 Å². The summed E-state index contributed by atoms with van der Waals surface area (Å²) in [7, 11) is 0. The summed E-state index contributed by atoms with van der Waals surface area (Å²) in [6.07, 6.45) is 0.817. The summed E-state index contributed by atoms with van der Waals surface area (Å²) in [6.45, 7) is 7.87. The van der Waals surface area contributed by atoms with Gasteiger partial charge in [-0.2, -0.15) is 0 Å². The van der Waals surface area contributed by atoms with Gasteiger partial charge in [0.05, 0.1) is 6.04 Å². The van der Waals surface area contributed by atoms with Crippen LogP contribution in [0, 0.1) is 13.8 Å². The number of aryl methyl sites for hydroxylation is 2. The Morgan fingerprint density at radius 2 is 1.85 bits per heavy atom. The fourth-order valence-electron chi connectivity index (χ4n) is 3.10. The highest BCUT2D eigenvalue weighted by molar-refractivity contribution is 5.74. The number of rotatable bonds is 5. The molecule has 1 atom stereocenters. The van der Waals surface area contributed by atoms with Crippen molar-refractivity contribution in [2.45, 2.75) is 33.2 Å². The SMILES string of the molecule is Cc1ccc(CCNC(=O)NC(C)c2ccc3c(c2)OCCO3)c(C)c1. The van der Waals surface area contributed by atoms with E-state index in [4.69, 9.17) is 9.47 Å². The maximum Gasteiger partial charge on any atom is 0.315 e. The summed E-state index contributed by atoms with van der Waals surface area (Å²) in [5, 5.41) is 5.90. The van der Waals surface area contributed by atoms with Gasteiger partial charge in [0.25, 0.3) is 0 Å². The Kier molecular flexibility index (Phi) is 5.66. The van der Waals surface area contributed by atoms with E-state index >= 15 is 0 Å². The van der Waals surface area contributed by atoms with Crippen LogP contribution in [0.3, 0.4) is 0 Å². The number of carbonyl (C=O) groups excluding carboxylic acids is 1. The van der Waals surface area contributed by atoms with Gasteiger partial charge in [-0.15, -0.1) is 0 Å². The highest BCUT2D eigenvalue weighted by atomic mass is 16.6. The van der Waals surface area contributed by atoms with Gasteiger partial charge in [-0.3, -0.25) is 0 Å². The number of carbonyl (C=O) groups is 1. The van der Waals surface area contributed by atoms with Crippen LogP contribution in [0.25, 0.3) is 0 Å². The van der Waals surface area contributed by atoms with Crippen LogP contribution in [0.2, 0.25) is 0 Å². The molecule has 1 aliphatic rings. The second-order valence-corrected chi connectivity index (χ2v) is 6.70. The summed E-state index contributed by atoms with van der Waals surface area (Å²) < 4.78 is 11.1. The van der Waals surface area contributed by atoms with Crippen molar-refractivity contribution in [3.8, 4) is 11.5 Å². The fourth-order valence-corrected chi connectivity index (χ4v) is 3.10. The monoisotopic (exact) mass is 354 g/mol. The third-order valence-electron chi connectivity index (χ3n) is 4.59. The smallest absolute Gasteiger partial charge is 0.315 e. The molecule has 0 bridgehead atoms. The number of hydrogen-bond donors (Lipinski definition) is 2. The van der Waals surface area contributed by atoms with Gasteiger partial charge >= 0.3 is 6.03 Å². The van der Waals surface area contributed by atoms with Crippen LogP contribution in [0.5, 0.6) is 11.5 Å². The summed E-state index contributed by atoms with van der Waals surface area (Å²) in [5.41, 5.74) is 4.76. The van der Waals surface area contributed by atoms with Crippen molar-refractivity contribution in [1.82, 2.24) is 10.6 Å². The van der Waals surface area contributed by atoms with Crippen molar-refractivity contribution >= 4 is 6.03 Å². The van der Waals surface area contributed by atoms with E-state index in [0.29, 0.717) is 19.8 Å². The van der Waals surface area contributed by atoms with Crippen LogP contribution >= 0.6 is 0 Å². The molecule has 138 valence electrons. The largest absolute Gasteiger partial charge is 0.486 e. The molecule has 0 aliphatic carbocycles. The lowest BCUT2D eigenvalue weighted by Gasteiger charge is -2.21. The Morgan fingerprint density at radius 3 is 2.62 bits per heavy atom. The molecule has 0 spiro atoms. The zero-order valence-corrected chi connectivity index (χ0v) is 15.6. The van der Waals surface area contributed by atoms with Gasteiger partial charge < -0.3 is 20.1 Å². The lowest BCUT2D eigenvalue weighted by atomic mass is 10.0. The number of benzene rings is 2. The van der Waals surface area contributed by atoms with E-state index in [1.54, 1.807) is 0 Å². The number of urea groups is 1. The van der Waals surface area contributed by atoms with Gasteiger partial charge in [0.15, 0.2) is 11.5 Å². The molecule has 2 aromatic rings. The van der Waals surface area contributed by atoms with E-state index in [0.717, 1.165) is 23.5 Å². The molecule has 1 aliphatic heterocycles. The first-order chi connectivity index (χ1) is 12.5. The second kappa shape index (κ2) is 8.13. The predicted molar refractivity (Wildman–Crippen MR) is 102 cm³/mol. The first kappa shape index (κ1) is 18.1. The predicted octanol–water partition coefficient (Wildman–Crippen LogP) is 3.68. The number of hydrogen-bond acceptors (Lipinski definition) is 3. The average Bonchev–Trinajstić information content (AvgIpc) is 2.63. The molecule has 0 saturated carbocycles. The Morgan fingerprint density at radius 1 is 1.08 bits per heavy atom. The van der Waals surface area contributed by atoms with Crippen LogP contribution < -0.4 is 20.1 Å². The molecular weight excluding hydrogens is 328 g/mol. The van der Waals surface area contributed by atoms with Crippen molar-refractivity contribution in [1.29, 1.82) is 0 Å². The van der Waals surface area contributed by atoms with Crippen molar-refractivity contribution in [3.63, 3.8) is 0 Å². The third-order valence-corrected chi connectivity index (χ3v) is 4.59. The fraction of sp³-hybridized carbons (Fsp3) is 0.381. The van der Waals surface area contributed by atoms with Crippen LogP contribution in [0.15, 0.2) is 36.4 Å². The molecule has 1 heterocycles. The Bertz CT molecular complexity index is 789. The number of fused-ring (bicyclic) bond motifs is 1. The zero-order valence-electron chi connectivity index (χ0n) is 15.6. The van der Waals surface area contributed by atoms with E-state index in [9.17, 15) is 4.79 Å². The van der Waals surface area contributed by atoms with Gasteiger partial charge in [-0.25, -0.2) is 4.79 Å². The van der Waals surface area contributed by atoms with Gasteiger partial charge in [-0.1, -0.05) is 29.8 Å². The molecule has 0 radical (unpaired) electrons. The average molecular weight is 354 g/mol. The molecule has 2 amide bonds. The minimum atomic E-state index is -0.169. The molecule has 5 nitrogen and oxygen atoms in total. The molecule has 2 aromatic carbocycles. The Labute approximate surface area is 154 Å². The molecule has 0 aromatic heterocycles. The van der Waals surface area contributed by atoms with Crippen LogP contribution in [0.1, 0.15) is 35.2 Å². The highest BCUT2D eigenvalue weighted by Gasteiger charge is 2.15. The van der Waals surface area contributed by atoms with E-state index in [2.05, 4.69) is 42.7 Å². The number of ether oxygens (including phenoxy) is 2. The first-order valence-electron chi connectivity index (χ1n) is 9.03. The normalized spacial score (nSPS) is 13.8. The minimum Gasteiger partial charge on any atom is -0.486 e. The summed E-state index contributed by atoms with van der Waals surface area (Å²) in [6, 6.07) is 11.9. The summed E-state index contributed by atoms with van der Waals surface area (Å²) >= 11 is 0. The minimum absolute atomic E-state index is 0.119. The van der Waals surface area contributed by atoms with Gasteiger partial charge in [0.1, 0.15) is 13.2 Å². The van der Waals surface area contributed by atoms with Crippen LogP contribution in [-0.2, 0) is 6.42 Å². The zero-order chi connectivity index (χ0) is 18.5. The van der Waals surface area contributed by atoms with Crippen molar-refractivity contribution in [3.05, 3.63) is 58.7 Å². The van der Waals surface area contributed by atoms with E-state index < -0.39 is 0 Å². The number of amides is 2. The lowest BCUT2D eigenvalue weighted by Crippen LogP contribution is -2.38. The molecule has 0 fully saturated rings. The third kappa shape index (κ3) is 4.48. The molecule has 26 heavy (non-hydrogen) atoms. The maximum atomic E-state index is 12.2. The van der Waals surface area contributed by atoms with Gasteiger partial charge in [-0.05, 0) is 56.0 Å². The molecule has 5 heteroatoms. The summed E-state index contributed by atoms with van der Waals surface area (Å²) in [4.78, 5) is 12.2. The lowest BCUT2D eigenvalue weighted by molar-refractivity contribution is 0.171. The van der Waals surface area contributed by atoms with E-state index in [-0.39, 0.29) is 12.1 Å². The van der Waals surface area contributed by atoms with E-state index in [1.807, 2.05) is 25.1 Å². The second-order valence-electron chi connectivity index (χ2n) is 6.70. The molecule has 1 unspecified atom stereocenters. The van der Waals surface area contributed by atoms with E-state index in [1.165, 1.54) is 16.7 Å². The van der Waals surface area contributed by atoms with Crippen LogP contribution in [0.4, 0.5) is 4.79 Å². The number of nitrogens with one attached hydrogen (secondary N) is 2. The Hall–Kier alpha value is -2.69. The van der Waals surface area contributed by atoms with Crippen molar-refractivity contribution in [2.24, 2.45) is 0 Å². The quantitative estimate of drug-likeness (QED) is 0.861. The summed E-state index contributed by atoms with van der Waals surface area (Å²) in [5.74, 6) is 1.49. The molecule has 0 saturated heterocycles. The maximum absolute atomic E-state index is 12.2. The van der Waals surface area contributed by atoms with Gasteiger partial charge in [0, 0.05) is 6.54 Å². The molecular formula is C21H26N2O3. The molecule has 2 N–H and O–H groups in total. The van der Waals surface area contributed by atoms with Crippen molar-refractivity contribution < 1.29 is 14.3 Å². The first-order valence-corrected chi connectivity index (χ1v) is 9.03. The Balaban J connectivity index is 1.49. The topological polar surface area (TPSA) is 59.6 Å².